The average molecular weight is 394 g/mol. The van der Waals surface area contributed by atoms with E-state index >= 15 is 0 Å². The molecule has 0 fully saturated rings. The zero-order valence-corrected chi connectivity index (χ0v) is 16.7. The van der Waals surface area contributed by atoms with Gasteiger partial charge in [-0.25, -0.2) is 10.4 Å². The number of nitrogens with zero attached hydrogens (tertiary/aromatic N) is 2. The van der Waals surface area contributed by atoms with Gasteiger partial charge in [0.1, 0.15) is 0 Å². The Balaban J connectivity index is 2.32. The molecule has 0 saturated heterocycles. The third kappa shape index (κ3) is 5.90. The van der Waals surface area contributed by atoms with Crippen LogP contribution in [0.1, 0.15) is 49.0 Å². The fourth-order valence-corrected chi connectivity index (χ4v) is 2.91. The summed E-state index contributed by atoms with van der Waals surface area (Å²) in [5.41, 5.74) is 17.9. The van der Waals surface area contributed by atoms with Crippen LogP contribution in [0.15, 0.2) is 52.2 Å². The molecule has 1 aromatic carbocycles. The third-order valence-electron chi connectivity index (χ3n) is 4.16. The van der Waals surface area contributed by atoms with Crippen molar-refractivity contribution in [2.45, 2.75) is 33.1 Å². The lowest BCUT2D eigenvalue weighted by molar-refractivity contribution is -0.116. The van der Waals surface area contributed by atoms with Crippen LogP contribution in [-0.4, -0.2) is 24.4 Å². The highest BCUT2D eigenvalue weighted by Crippen LogP contribution is 2.31. The molecule has 0 aliphatic carbocycles. The quantitative estimate of drug-likeness (QED) is 0.321. The van der Waals surface area contributed by atoms with E-state index in [2.05, 4.69) is 33.5 Å². The lowest BCUT2D eigenvalue weighted by atomic mass is 9.95. The van der Waals surface area contributed by atoms with Crippen LogP contribution < -0.4 is 22.2 Å². The van der Waals surface area contributed by atoms with Gasteiger partial charge >= 0.3 is 0 Å². The number of aliphatic imine (C=N–C) groups is 1. The molecule has 8 heteroatoms. The molecule has 0 bridgehead atoms. The molecule has 6 N–H and O–H groups in total. The molecule has 0 saturated carbocycles. The highest BCUT2D eigenvalue weighted by molar-refractivity contribution is 6.19. The molecule has 29 heavy (non-hydrogen) atoms. The minimum Gasteiger partial charge on any atom is -0.398 e. The molecule has 1 aliphatic rings. The summed E-state index contributed by atoms with van der Waals surface area (Å²) < 4.78 is 0. The van der Waals surface area contributed by atoms with Gasteiger partial charge in [-0.05, 0) is 31.9 Å². The second kappa shape index (κ2) is 10.0. The standard InChI is InChI=1S/C21H26N6O2/c1-4-5-13(2)8-15-11-25-27-21(29)17-9-16(10-18(23)20(15)17)26-19(28)7-6-14(3)24-12-22/h5,8-12H,3-4,6-7,23H2,1-2H3,(H2,22,24)(H,26,28)(H,27,29)/b13-5+,15-8+. The van der Waals surface area contributed by atoms with Crippen LogP contribution in [0.25, 0.3) is 5.57 Å². The number of carbonyl (C=O) groups excluding carboxylic acids is 2. The lowest BCUT2D eigenvalue weighted by Crippen LogP contribution is -2.18. The van der Waals surface area contributed by atoms with Gasteiger partial charge in [-0.2, -0.15) is 5.10 Å². The summed E-state index contributed by atoms with van der Waals surface area (Å²) in [6, 6.07) is 3.22. The molecule has 0 unspecified atom stereocenters. The summed E-state index contributed by atoms with van der Waals surface area (Å²) in [4.78, 5) is 28.5. The Labute approximate surface area is 170 Å². The van der Waals surface area contributed by atoms with Crippen LogP contribution in [0.3, 0.4) is 0 Å². The fourth-order valence-electron chi connectivity index (χ4n) is 2.91. The lowest BCUT2D eigenvalue weighted by Gasteiger charge is -2.14. The van der Waals surface area contributed by atoms with Gasteiger partial charge in [-0.3, -0.25) is 9.59 Å². The smallest absolute Gasteiger partial charge is 0.272 e. The zero-order valence-electron chi connectivity index (χ0n) is 16.7. The van der Waals surface area contributed by atoms with E-state index in [4.69, 9.17) is 11.5 Å². The maximum atomic E-state index is 12.5. The van der Waals surface area contributed by atoms with Crippen LogP contribution in [0.2, 0.25) is 0 Å². The first kappa shape index (κ1) is 21.6. The number of hydrogen-bond donors (Lipinski definition) is 4. The highest BCUT2D eigenvalue weighted by atomic mass is 16.2. The van der Waals surface area contributed by atoms with Crippen molar-refractivity contribution in [2.24, 2.45) is 15.8 Å². The largest absolute Gasteiger partial charge is 0.398 e. The minimum atomic E-state index is -0.398. The van der Waals surface area contributed by atoms with Gasteiger partial charge in [0.05, 0.1) is 18.1 Å². The molecular weight excluding hydrogens is 368 g/mol. The number of anilines is 2. The number of nitrogens with one attached hydrogen (secondary N) is 2. The van der Waals surface area contributed by atoms with Gasteiger partial charge in [0.15, 0.2) is 0 Å². The van der Waals surface area contributed by atoms with E-state index in [0.29, 0.717) is 40.2 Å². The second-order valence-corrected chi connectivity index (χ2v) is 6.54. The summed E-state index contributed by atoms with van der Waals surface area (Å²) in [5.74, 6) is -0.647. The fraction of sp³-hybridized carbons (Fsp3) is 0.238. The Bertz CT molecular complexity index is 941. The number of allylic oxidation sites excluding steroid dienone is 5. The molecule has 152 valence electrons. The molecule has 0 radical (unpaired) electrons. The van der Waals surface area contributed by atoms with E-state index in [0.717, 1.165) is 18.3 Å². The molecule has 1 heterocycles. The van der Waals surface area contributed by atoms with Crippen molar-refractivity contribution >= 4 is 41.3 Å². The van der Waals surface area contributed by atoms with Crippen molar-refractivity contribution < 1.29 is 9.59 Å². The number of benzene rings is 1. The van der Waals surface area contributed by atoms with Crippen molar-refractivity contribution in [3.63, 3.8) is 0 Å². The Hall–Kier alpha value is -3.68. The molecule has 1 aliphatic heterocycles. The Kier molecular flexibility index (Phi) is 7.47. The van der Waals surface area contributed by atoms with Gasteiger partial charge in [-0.1, -0.05) is 31.2 Å². The topological polar surface area (TPSA) is 135 Å². The number of carbonyl (C=O) groups is 2. The molecule has 0 atom stereocenters. The van der Waals surface area contributed by atoms with Gasteiger partial charge in [0.2, 0.25) is 5.91 Å². The number of fused-ring (bicyclic) bond motifs is 1. The number of rotatable bonds is 7. The molecule has 8 nitrogen and oxygen atoms in total. The number of hydrogen-bond acceptors (Lipinski definition) is 5. The summed E-state index contributed by atoms with van der Waals surface area (Å²) in [6.45, 7) is 7.72. The number of nitrogens with two attached hydrogens (primary N) is 2. The summed E-state index contributed by atoms with van der Waals surface area (Å²) in [5, 5.41) is 6.72. The molecule has 0 spiro atoms. The predicted octanol–water partition coefficient (Wildman–Crippen LogP) is 2.96. The van der Waals surface area contributed by atoms with Crippen molar-refractivity contribution in [1.29, 1.82) is 0 Å². The maximum Gasteiger partial charge on any atom is 0.272 e. The Morgan fingerprint density at radius 2 is 2.14 bits per heavy atom. The van der Waals surface area contributed by atoms with E-state index in [1.807, 2.05) is 19.9 Å². The van der Waals surface area contributed by atoms with Crippen LogP contribution in [0, 0.1) is 0 Å². The third-order valence-corrected chi connectivity index (χ3v) is 4.16. The van der Waals surface area contributed by atoms with Gasteiger partial charge < -0.3 is 16.8 Å². The summed E-state index contributed by atoms with van der Waals surface area (Å²) in [6.07, 6.45) is 8.11. The van der Waals surface area contributed by atoms with Crippen LogP contribution in [0.5, 0.6) is 0 Å². The molecule has 0 aromatic heterocycles. The van der Waals surface area contributed by atoms with E-state index in [-0.39, 0.29) is 12.3 Å². The van der Waals surface area contributed by atoms with Crippen molar-refractivity contribution in [1.82, 2.24) is 5.43 Å². The van der Waals surface area contributed by atoms with Gasteiger partial charge in [0, 0.05) is 34.6 Å². The first-order valence-electron chi connectivity index (χ1n) is 9.23. The molecule has 2 amide bonds. The first-order chi connectivity index (χ1) is 13.8. The van der Waals surface area contributed by atoms with Crippen LogP contribution in [0.4, 0.5) is 11.4 Å². The predicted molar refractivity (Wildman–Crippen MR) is 119 cm³/mol. The highest BCUT2D eigenvalue weighted by Gasteiger charge is 2.21. The molecular formula is C21H26N6O2. The monoisotopic (exact) mass is 394 g/mol. The Morgan fingerprint density at radius 3 is 2.83 bits per heavy atom. The number of nitrogen functional groups attached to an aromatic ring is 1. The molecule has 2 rings (SSSR count). The van der Waals surface area contributed by atoms with E-state index in [9.17, 15) is 9.59 Å². The SMILES string of the molecule is C=C(CCC(=O)Nc1cc(N)c2c(c1)C(=O)NN=C/C2=C\C(C)=C\CC)N=CN. The van der Waals surface area contributed by atoms with Crippen LogP contribution >= 0.6 is 0 Å². The Morgan fingerprint density at radius 1 is 1.38 bits per heavy atom. The van der Waals surface area contributed by atoms with E-state index < -0.39 is 5.91 Å². The minimum absolute atomic E-state index is 0.175. The first-order valence-corrected chi connectivity index (χ1v) is 9.23. The average Bonchev–Trinajstić information content (AvgIpc) is 2.80. The van der Waals surface area contributed by atoms with Crippen molar-refractivity contribution in [2.75, 3.05) is 11.1 Å². The number of amides is 2. The summed E-state index contributed by atoms with van der Waals surface area (Å²) in [7, 11) is 0. The normalized spacial score (nSPS) is 15.2. The maximum absolute atomic E-state index is 12.5. The van der Waals surface area contributed by atoms with E-state index in [1.54, 1.807) is 18.3 Å². The van der Waals surface area contributed by atoms with Crippen molar-refractivity contribution in [3.05, 3.63) is 53.3 Å². The summed E-state index contributed by atoms with van der Waals surface area (Å²) >= 11 is 0. The molecule has 1 aromatic rings. The van der Waals surface area contributed by atoms with Gasteiger partial charge in [0.25, 0.3) is 5.91 Å². The van der Waals surface area contributed by atoms with Crippen molar-refractivity contribution in [3.8, 4) is 0 Å². The van der Waals surface area contributed by atoms with E-state index in [1.165, 1.54) is 0 Å². The van der Waals surface area contributed by atoms with Crippen LogP contribution in [-0.2, 0) is 4.79 Å². The van der Waals surface area contributed by atoms with Gasteiger partial charge in [-0.15, -0.1) is 0 Å². The number of hydrazone groups is 1. The zero-order chi connectivity index (χ0) is 21.4. The second-order valence-electron chi connectivity index (χ2n) is 6.54.